The molecule has 3 aromatic rings. The zero-order valence-electron chi connectivity index (χ0n) is 18.2. The summed E-state index contributed by atoms with van der Waals surface area (Å²) in [6.45, 7) is 0. The van der Waals surface area contributed by atoms with Gasteiger partial charge < -0.3 is 10.1 Å². The highest BCUT2D eigenvalue weighted by molar-refractivity contribution is 8.00. The zero-order chi connectivity index (χ0) is 24.1. The van der Waals surface area contributed by atoms with Gasteiger partial charge in [0.15, 0.2) is 0 Å². The van der Waals surface area contributed by atoms with Crippen molar-refractivity contribution in [2.75, 3.05) is 23.1 Å². The van der Waals surface area contributed by atoms with E-state index in [0.717, 1.165) is 11.3 Å². The number of benzene rings is 3. The summed E-state index contributed by atoms with van der Waals surface area (Å²) in [7, 11) is 1.58. The first-order chi connectivity index (χ1) is 16.5. The number of rotatable bonds is 7. The van der Waals surface area contributed by atoms with E-state index in [2.05, 4.69) is 5.32 Å². The SMILES string of the molecule is COc1ccccc1N1C(=O)CSC1c1ccc(NC(=O)/C=C/c2ccc([N+](=O)[O-])cc2)cc1. The molecular formula is C25H21N3O5S. The van der Waals surface area contributed by atoms with E-state index >= 15 is 0 Å². The van der Waals surface area contributed by atoms with Gasteiger partial charge in [-0.25, -0.2) is 0 Å². The number of non-ortho nitro benzene ring substituents is 1. The van der Waals surface area contributed by atoms with Crippen LogP contribution in [0.1, 0.15) is 16.5 Å². The topological polar surface area (TPSA) is 102 Å². The second-order valence-corrected chi connectivity index (χ2v) is 8.46. The number of carbonyl (C=O) groups is 2. The Morgan fingerprint density at radius 3 is 2.50 bits per heavy atom. The highest BCUT2D eigenvalue weighted by atomic mass is 32.2. The van der Waals surface area contributed by atoms with Crippen LogP contribution < -0.4 is 15.0 Å². The van der Waals surface area contributed by atoms with Crippen molar-refractivity contribution in [2.45, 2.75) is 5.37 Å². The van der Waals surface area contributed by atoms with E-state index in [0.29, 0.717) is 22.8 Å². The molecule has 8 nitrogen and oxygen atoms in total. The molecule has 9 heteroatoms. The summed E-state index contributed by atoms with van der Waals surface area (Å²) in [5, 5.41) is 13.3. The molecule has 1 unspecified atom stereocenters. The average Bonchev–Trinajstić information content (AvgIpc) is 3.24. The lowest BCUT2D eigenvalue weighted by molar-refractivity contribution is -0.384. The molecule has 0 spiro atoms. The number of carbonyl (C=O) groups excluding carboxylic acids is 2. The van der Waals surface area contributed by atoms with Gasteiger partial charge in [-0.1, -0.05) is 24.3 Å². The van der Waals surface area contributed by atoms with E-state index in [1.54, 1.807) is 42.4 Å². The average molecular weight is 476 g/mol. The minimum atomic E-state index is -0.473. The van der Waals surface area contributed by atoms with Crippen molar-refractivity contribution >= 4 is 46.7 Å². The molecular weight excluding hydrogens is 454 g/mol. The first-order valence-corrected chi connectivity index (χ1v) is 11.4. The highest BCUT2D eigenvalue weighted by Crippen LogP contribution is 2.44. The molecule has 0 aromatic heterocycles. The molecule has 1 fully saturated rings. The Bertz CT molecular complexity index is 1240. The number of methoxy groups -OCH3 is 1. The standard InChI is InChI=1S/C25H21N3O5S/c1-33-22-5-3-2-4-21(22)27-24(30)16-34-25(27)18-9-11-19(12-10-18)26-23(29)15-8-17-6-13-20(14-7-17)28(31)32/h2-15,25H,16H2,1H3,(H,26,29)/b15-8+. The van der Waals surface area contributed by atoms with Crippen LogP contribution in [0.5, 0.6) is 5.75 Å². The van der Waals surface area contributed by atoms with E-state index in [-0.39, 0.29) is 22.9 Å². The van der Waals surface area contributed by atoms with Crippen LogP contribution in [-0.4, -0.2) is 29.6 Å². The molecule has 0 radical (unpaired) electrons. The monoisotopic (exact) mass is 475 g/mol. The number of para-hydroxylation sites is 2. The number of amides is 2. The van der Waals surface area contributed by atoms with Gasteiger partial charge >= 0.3 is 0 Å². The highest BCUT2D eigenvalue weighted by Gasteiger charge is 2.35. The maximum atomic E-state index is 12.6. The first-order valence-electron chi connectivity index (χ1n) is 10.4. The summed E-state index contributed by atoms with van der Waals surface area (Å²) in [6.07, 6.45) is 2.95. The molecule has 1 saturated heterocycles. The Balaban J connectivity index is 1.43. The minimum absolute atomic E-state index is 0.00640. The van der Waals surface area contributed by atoms with Crippen molar-refractivity contribution < 1.29 is 19.2 Å². The van der Waals surface area contributed by atoms with Crippen LogP contribution in [-0.2, 0) is 9.59 Å². The largest absolute Gasteiger partial charge is 0.495 e. The van der Waals surface area contributed by atoms with Crippen LogP contribution >= 0.6 is 11.8 Å². The number of nitro groups is 1. The number of anilines is 2. The fourth-order valence-corrected chi connectivity index (χ4v) is 4.72. The van der Waals surface area contributed by atoms with E-state index in [1.165, 1.54) is 30.0 Å². The van der Waals surface area contributed by atoms with Crippen LogP contribution in [0.4, 0.5) is 17.1 Å². The van der Waals surface area contributed by atoms with E-state index in [9.17, 15) is 19.7 Å². The zero-order valence-corrected chi connectivity index (χ0v) is 19.0. The summed E-state index contributed by atoms with van der Waals surface area (Å²) in [5.74, 6) is 0.682. The van der Waals surface area contributed by atoms with Gasteiger partial charge in [-0.2, -0.15) is 0 Å². The van der Waals surface area contributed by atoms with Crippen LogP contribution in [0.25, 0.3) is 6.08 Å². The van der Waals surface area contributed by atoms with Gasteiger partial charge in [0, 0.05) is 23.9 Å². The Labute approximate surface area is 200 Å². The molecule has 2 amide bonds. The van der Waals surface area contributed by atoms with Gasteiger partial charge in [0.25, 0.3) is 5.69 Å². The molecule has 1 N–H and O–H groups in total. The molecule has 34 heavy (non-hydrogen) atoms. The Hall–Kier alpha value is -4.11. The van der Waals surface area contributed by atoms with Gasteiger partial charge in [0.05, 0.1) is 23.5 Å². The van der Waals surface area contributed by atoms with Crippen molar-refractivity contribution in [2.24, 2.45) is 0 Å². The Kier molecular flexibility index (Phi) is 6.93. The summed E-state index contributed by atoms with van der Waals surface area (Å²) < 4.78 is 5.44. The molecule has 3 aromatic carbocycles. The molecule has 172 valence electrons. The van der Waals surface area contributed by atoms with Crippen molar-refractivity contribution in [3.8, 4) is 5.75 Å². The normalized spacial score (nSPS) is 15.5. The van der Waals surface area contributed by atoms with E-state index < -0.39 is 4.92 Å². The summed E-state index contributed by atoms with van der Waals surface area (Å²) in [4.78, 5) is 36.9. The van der Waals surface area contributed by atoms with Gasteiger partial charge in [-0.3, -0.25) is 24.6 Å². The van der Waals surface area contributed by atoms with Crippen LogP contribution in [0.2, 0.25) is 0 Å². The predicted molar refractivity (Wildman–Crippen MR) is 133 cm³/mol. The number of hydrogen-bond acceptors (Lipinski definition) is 6. The van der Waals surface area contributed by atoms with E-state index in [4.69, 9.17) is 4.74 Å². The lowest BCUT2D eigenvalue weighted by Gasteiger charge is -2.26. The quantitative estimate of drug-likeness (QED) is 0.292. The Morgan fingerprint density at radius 1 is 1.12 bits per heavy atom. The van der Waals surface area contributed by atoms with Gasteiger partial charge in [0.1, 0.15) is 11.1 Å². The van der Waals surface area contributed by atoms with Gasteiger partial charge in [0.2, 0.25) is 11.8 Å². The number of nitrogens with zero attached hydrogens (tertiary/aromatic N) is 2. The van der Waals surface area contributed by atoms with Crippen LogP contribution in [0, 0.1) is 10.1 Å². The number of ether oxygens (including phenoxy) is 1. The predicted octanol–water partition coefficient (Wildman–Crippen LogP) is 5.03. The molecule has 1 heterocycles. The molecule has 0 saturated carbocycles. The summed E-state index contributed by atoms with van der Waals surface area (Å²) >= 11 is 1.53. The number of nitro benzene ring substituents is 1. The van der Waals surface area contributed by atoms with Gasteiger partial charge in [-0.05, 0) is 53.6 Å². The molecule has 1 aliphatic heterocycles. The number of nitrogens with one attached hydrogen (secondary N) is 1. The Morgan fingerprint density at radius 2 is 1.82 bits per heavy atom. The smallest absolute Gasteiger partial charge is 0.269 e. The number of thioether (sulfide) groups is 1. The summed E-state index contributed by atoms with van der Waals surface area (Å²) in [6, 6.07) is 20.7. The van der Waals surface area contributed by atoms with E-state index in [1.807, 2.05) is 36.4 Å². The van der Waals surface area contributed by atoms with Crippen LogP contribution in [0.15, 0.2) is 78.9 Å². The molecule has 0 bridgehead atoms. The minimum Gasteiger partial charge on any atom is -0.495 e. The fourth-order valence-electron chi connectivity index (χ4n) is 3.55. The third kappa shape index (κ3) is 5.10. The molecule has 4 rings (SSSR count). The molecule has 1 atom stereocenters. The van der Waals surface area contributed by atoms with Crippen LogP contribution in [0.3, 0.4) is 0 Å². The van der Waals surface area contributed by atoms with Gasteiger partial charge in [-0.15, -0.1) is 11.8 Å². The fraction of sp³-hybridized carbons (Fsp3) is 0.120. The number of hydrogen-bond donors (Lipinski definition) is 1. The maximum absolute atomic E-state index is 12.6. The molecule has 0 aliphatic carbocycles. The maximum Gasteiger partial charge on any atom is 0.269 e. The van der Waals surface area contributed by atoms with Crippen molar-refractivity contribution in [3.63, 3.8) is 0 Å². The third-order valence-electron chi connectivity index (χ3n) is 5.21. The summed E-state index contributed by atoms with van der Waals surface area (Å²) in [5.41, 5.74) is 2.93. The van der Waals surface area contributed by atoms with Crippen molar-refractivity contribution in [3.05, 3.63) is 100 Å². The van der Waals surface area contributed by atoms with Crippen molar-refractivity contribution in [1.82, 2.24) is 0 Å². The van der Waals surface area contributed by atoms with Crippen molar-refractivity contribution in [1.29, 1.82) is 0 Å². The first kappa shape index (κ1) is 23.1. The third-order valence-corrected chi connectivity index (χ3v) is 6.42. The second-order valence-electron chi connectivity index (χ2n) is 7.39. The lowest BCUT2D eigenvalue weighted by atomic mass is 10.1. The molecule has 1 aliphatic rings. The lowest BCUT2D eigenvalue weighted by Crippen LogP contribution is -2.28. The second kappa shape index (κ2) is 10.2.